The fraction of sp³-hybridized carbons (Fsp3) is 0.316. The third kappa shape index (κ3) is 5.11. The lowest BCUT2D eigenvalue weighted by atomic mass is 10.3. The van der Waals surface area contributed by atoms with Gasteiger partial charge in [-0.3, -0.25) is 9.36 Å². The number of hydrogen-bond acceptors (Lipinski definition) is 8. The predicted octanol–water partition coefficient (Wildman–Crippen LogP) is 3.78. The summed E-state index contributed by atoms with van der Waals surface area (Å²) >= 11 is 2.86. The minimum absolute atomic E-state index is 0.230. The first-order valence-electron chi connectivity index (χ1n) is 8.95. The maximum atomic E-state index is 12.2. The Morgan fingerprint density at radius 1 is 1.11 bits per heavy atom. The molecule has 28 heavy (non-hydrogen) atoms. The Morgan fingerprint density at radius 2 is 1.86 bits per heavy atom. The van der Waals surface area contributed by atoms with Crippen LogP contribution in [0, 0.1) is 0 Å². The minimum atomic E-state index is -0.329. The van der Waals surface area contributed by atoms with Crippen molar-refractivity contribution in [3.63, 3.8) is 0 Å². The molecule has 0 unspecified atom stereocenters. The van der Waals surface area contributed by atoms with Gasteiger partial charge in [0.2, 0.25) is 0 Å². The van der Waals surface area contributed by atoms with Crippen LogP contribution in [0.15, 0.2) is 59.1 Å². The molecule has 0 aliphatic heterocycles. The maximum absolute atomic E-state index is 12.2. The van der Waals surface area contributed by atoms with Gasteiger partial charge in [-0.1, -0.05) is 48.6 Å². The maximum Gasteiger partial charge on any atom is 0.319 e. The molecule has 2 aromatic heterocycles. The van der Waals surface area contributed by atoms with Crippen LogP contribution in [-0.2, 0) is 15.3 Å². The number of benzene rings is 1. The highest BCUT2D eigenvalue weighted by molar-refractivity contribution is 8.00. The van der Waals surface area contributed by atoms with Crippen LogP contribution >= 0.6 is 23.5 Å². The third-order valence-electron chi connectivity index (χ3n) is 3.76. The standard InChI is InChI=1S/C19H21N5O2S2/c1-3-15(17(25)26-4-2)28-19-23-22-16(13-27-18-20-11-8-12-21-18)24(19)14-9-6-5-7-10-14/h5-12,15H,3-4,13H2,1-2H3/t15-/m0/s1. The summed E-state index contributed by atoms with van der Waals surface area (Å²) in [6.07, 6.45) is 4.07. The van der Waals surface area contributed by atoms with E-state index in [-0.39, 0.29) is 11.2 Å². The van der Waals surface area contributed by atoms with E-state index in [0.717, 1.165) is 11.5 Å². The largest absolute Gasteiger partial charge is 0.465 e. The fourth-order valence-corrected chi connectivity index (χ4v) is 4.16. The van der Waals surface area contributed by atoms with Gasteiger partial charge in [0.25, 0.3) is 0 Å². The summed E-state index contributed by atoms with van der Waals surface area (Å²) in [4.78, 5) is 20.7. The Morgan fingerprint density at radius 3 is 2.54 bits per heavy atom. The van der Waals surface area contributed by atoms with E-state index in [9.17, 15) is 4.79 Å². The molecule has 2 heterocycles. The molecule has 146 valence electrons. The van der Waals surface area contributed by atoms with E-state index in [4.69, 9.17) is 4.74 Å². The molecule has 0 radical (unpaired) electrons. The van der Waals surface area contributed by atoms with Crippen molar-refractivity contribution in [3.05, 3.63) is 54.6 Å². The topological polar surface area (TPSA) is 82.8 Å². The van der Waals surface area contributed by atoms with Gasteiger partial charge in [-0.15, -0.1) is 10.2 Å². The highest BCUT2D eigenvalue weighted by Gasteiger charge is 2.24. The normalized spacial score (nSPS) is 11.9. The Balaban J connectivity index is 1.87. The van der Waals surface area contributed by atoms with Crippen LogP contribution in [0.2, 0.25) is 0 Å². The average Bonchev–Trinajstić information content (AvgIpc) is 3.14. The summed E-state index contributed by atoms with van der Waals surface area (Å²) in [6.45, 7) is 4.13. The van der Waals surface area contributed by atoms with Crippen molar-refractivity contribution in [2.45, 2.75) is 41.6 Å². The van der Waals surface area contributed by atoms with E-state index < -0.39 is 0 Å². The number of rotatable bonds is 9. The van der Waals surface area contributed by atoms with Gasteiger partial charge in [-0.2, -0.15) is 0 Å². The molecule has 0 aliphatic rings. The van der Waals surface area contributed by atoms with E-state index in [1.165, 1.54) is 23.5 Å². The molecule has 7 nitrogen and oxygen atoms in total. The molecule has 3 aromatic rings. The Labute approximate surface area is 172 Å². The lowest BCUT2D eigenvalue weighted by molar-refractivity contribution is -0.142. The summed E-state index contributed by atoms with van der Waals surface area (Å²) in [7, 11) is 0. The van der Waals surface area contributed by atoms with Crippen molar-refractivity contribution in [2.75, 3.05) is 6.61 Å². The van der Waals surface area contributed by atoms with Gasteiger partial charge in [-0.25, -0.2) is 9.97 Å². The number of aromatic nitrogens is 5. The number of esters is 1. The quantitative estimate of drug-likeness (QED) is 0.297. The molecule has 9 heteroatoms. The van der Waals surface area contributed by atoms with Crippen LogP contribution in [0.25, 0.3) is 5.69 Å². The zero-order valence-electron chi connectivity index (χ0n) is 15.7. The van der Waals surface area contributed by atoms with Crippen molar-refractivity contribution < 1.29 is 9.53 Å². The van der Waals surface area contributed by atoms with Crippen molar-refractivity contribution in [3.8, 4) is 5.69 Å². The Bertz CT molecular complexity index is 890. The molecule has 0 fully saturated rings. The zero-order chi connectivity index (χ0) is 19.8. The number of ether oxygens (including phenoxy) is 1. The van der Waals surface area contributed by atoms with Gasteiger partial charge < -0.3 is 4.74 Å². The molecule has 1 aromatic carbocycles. The highest BCUT2D eigenvalue weighted by atomic mass is 32.2. The molecular weight excluding hydrogens is 394 g/mol. The zero-order valence-corrected chi connectivity index (χ0v) is 17.3. The number of thioether (sulfide) groups is 2. The number of carbonyl (C=O) groups is 1. The molecule has 0 saturated heterocycles. The van der Waals surface area contributed by atoms with E-state index >= 15 is 0 Å². The van der Waals surface area contributed by atoms with Crippen LogP contribution in [0.5, 0.6) is 0 Å². The van der Waals surface area contributed by atoms with Crippen LogP contribution in [0.3, 0.4) is 0 Å². The van der Waals surface area contributed by atoms with Gasteiger partial charge >= 0.3 is 5.97 Å². The first-order chi connectivity index (χ1) is 13.7. The van der Waals surface area contributed by atoms with Crippen LogP contribution in [0.4, 0.5) is 0 Å². The smallest absolute Gasteiger partial charge is 0.319 e. The minimum Gasteiger partial charge on any atom is -0.465 e. The summed E-state index contributed by atoms with van der Waals surface area (Å²) in [6, 6.07) is 11.6. The second-order valence-corrected chi connectivity index (χ2v) is 7.77. The van der Waals surface area contributed by atoms with Gasteiger partial charge in [-0.05, 0) is 31.5 Å². The van der Waals surface area contributed by atoms with E-state index in [2.05, 4.69) is 20.2 Å². The van der Waals surface area contributed by atoms with Crippen molar-refractivity contribution in [2.24, 2.45) is 0 Å². The Kier molecular flexibility index (Phi) is 7.44. The second-order valence-electron chi connectivity index (χ2n) is 5.66. The SMILES string of the molecule is CCOC(=O)[C@H](CC)Sc1nnc(CSc2ncccn2)n1-c1ccccc1. The summed E-state index contributed by atoms with van der Waals surface area (Å²) in [5.74, 6) is 1.10. The lowest BCUT2D eigenvalue weighted by Gasteiger charge is -2.14. The fourth-order valence-electron chi connectivity index (χ4n) is 2.46. The number of hydrogen-bond donors (Lipinski definition) is 0. The van der Waals surface area contributed by atoms with E-state index in [1.807, 2.05) is 48.7 Å². The van der Waals surface area contributed by atoms with Crippen molar-refractivity contribution in [1.82, 2.24) is 24.7 Å². The number of para-hydroxylation sites is 1. The Hall–Kier alpha value is -2.39. The summed E-state index contributed by atoms with van der Waals surface area (Å²) in [5, 5.41) is 9.72. The monoisotopic (exact) mass is 415 g/mol. The lowest BCUT2D eigenvalue weighted by Crippen LogP contribution is -2.20. The van der Waals surface area contributed by atoms with E-state index in [1.54, 1.807) is 18.5 Å². The molecule has 0 spiro atoms. The average molecular weight is 416 g/mol. The molecule has 0 N–H and O–H groups in total. The van der Waals surface area contributed by atoms with Crippen LogP contribution in [0.1, 0.15) is 26.1 Å². The molecular formula is C19H21N5O2S2. The number of carbonyl (C=O) groups excluding carboxylic acids is 1. The molecule has 0 amide bonds. The van der Waals surface area contributed by atoms with Crippen molar-refractivity contribution in [1.29, 1.82) is 0 Å². The second kappa shape index (κ2) is 10.2. The third-order valence-corrected chi connectivity index (χ3v) is 5.91. The first kappa shape index (κ1) is 20.3. The van der Waals surface area contributed by atoms with Gasteiger partial charge in [0.05, 0.1) is 12.4 Å². The highest BCUT2D eigenvalue weighted by Crippen LogP contribution is 2.30. The molecule has 3 rings (SSSR count). The van der Waals surface area contributed by atoms with Crippen LogP contribution < -0.4 is 0 Å². The van der Waals surface area contributed by atoms with Gasteiger partial charge in [0.15, 0.2) is 10.3 Å². The van der Waals surface area contributed by atoms with Crippen LogP contribution in [-0.4, -0.2) is 42.6 Å². The molecule has 1 atom stereocenters. The van der Waals surface area contributed by atoms with Gasteiger partial charge in [0, 0.05) is 18.1 Å². The van der Waals surface area contributed by atoms with Gasteiger partial charge in [0.1, 0.15) is 11.1 Å². The molecule has 0 bridgehead atoms. The molecule has 0 saturated carbocycles. The first-order valence-corrected chi connectivity index (χ1v) is 10.8. The summed E-state index contributed by atoms with van der Waals surface area (Å²) in [5.41, 5.74) is 0.943. The van der Waals surface area contributed by atoms with Crippen molar-refractivity contribution >= 4 is 29.5 Å². The number of nitrogens with zero attached hydrogens (tertiary/aromatic N) is 5. The predicted molar refractivity (Wildman–Crippen MR) is 110 cm³/mol. The molecule has 0 aliphatic carbocycles. The van der Waals surface area contributed by atoms with E-state index in [0.29, 0.717) is 29.1 Å². The summed E-state index contributed by atoms with van der Waals surface area (Å²) < 4.78 is 7.16.